The van der Waals surface area contributed by atoms with Crippen LogP contribution in [-0.2, 0) is 4.79 Å². The van der Waals surface area contributed by atoms with E-state index >= 15 is 0 Å². The van der Waals surface area contributed by atoms with Gasteiger partial charge in [-0.25, -0.2) is 0 Å². The zero-order valence-electron chi connectivity index (χ0n) is 12.8. The van der Waals surface area contributed by atoms with Gasteiger partial charge in [0, 0.05) is 25.4 Å². The van der Waals surface area contributed by atoms with Crippen LogP contribution in [0.5, 0.6) is 0 Å². The first-order valence-electron chi connectivity index (χ1n) is 9.06. The highest BCUT2D eigenvalue weighted by molar-refractivity contribution is 5.77. The van der Waals surface area contributed by atoms with E-state index in [1.54, 1.807) is 0 Å². The SMILES string of the molecule is O=C(CC12CC3CC(CC(C3)C1)C2)N1C[C@H]2C[C@@H](O)[C@H]2C1. The fourth-order valence-corrected chi connectivity index (χ4v) is 7.01. The van der Waals surface area contributed by atoms with Crippen molar-refractivity contribution in [2.75, 3.05) is 13.1 Å². The molecule has 0 radical (unpaired) electrons. The summed E-state index contributed by atoms with van der Waals surface area (Å²) in [6.45, 7) is 1.75. The zero-order valence-corrected chi connectivity index (χ0v) is 12.8. The Morgan fingerprint density at radius 2 is 1.62 bits per heavy atom. The first-order chi connectivity index (χ1) is 10.1. The Morgan fingerprint density at radius 3 is 2.14 bits per heavy atom. The van der Waals surface area contributed by atoms with Crippen molar-refractivity contribution in [3.05, 3.63) is 0 Å². The van der Waals surface area contributed by atoms with Crippen LogP contribution in [-0.4, -0.2) is 35.1 Å². The summed E-state index contributed by atoms with van der Waals surface area (Å²) in [7, 11) is 0. The second kappa shape index (κ2) is 4.24. The number of carbonyl (C=O) groups is 1. The van der Waals surface area contributed by atoms with E-state index in [2.05, 4.69) is 4.90 Å². The third-order valence-corrected chi connectivity index (χ3v) is 7.57. The average molecular weight is 289 g/mol. The van der Waals surface area contributed by atoms with Gasteiger partial charge in [0.2, 0.25) is 5.91 Å². The molecule has 1 N–H and O–H groups in total. The lowest BCUT2D eigenvalue weighted by molar-refractivity contribution is -0.138. The lowest BCUT2D eigenvalue weighted by Crippen LogP contribution is -2.48. The van der Waals surface area contributed by atoms with Crippen LogP contribution in [0.2, 0.25) is 0 Å². The molecule has 1 saturated heterocycles. The summed E-state index contributed by atoms with van der Waals surface area (Å²) >= 11 is 0. The molecule has 6 aliphatic rings. The van der Waals surface area contributed by atoms with E-state index in [1.807, 2.05) is 0 Å². The fraction of sp³-hybridized carbons (Fsp3) is 0.944. The molecule has 116 valence electrons. The Labute approximate surface area is 127 Å². The molecule has 21 heavy (non-hydrogen) atoms. The topological polar surface area (TPSA) is 40.5 Å². The van der Waals surface area contributed by atoms with E-state index in [-0.39, 0.29) is 6.10 Å². The summed E-state index contributed by atoms with van der Waals surface area (Å²) in [6, 6.07) is 0. The van der Waals surface area contributed by atoms with Crippen LogP contribution >= 0.6 is 0 Å². The Kier molecular flexibility index (Phi) is 2.61. The van der Waals surface area contributed by atoms with Gasteiger partial charge in [0.15, 0.2) is 0 Å². The van der Waals surface area contributed by atoms with Gasteiger partial charge >= 0.3 is 0 Å². The van der Waals surface area contributed by atoms with Crippen LogP contribution in [0.25, 0.3) is 0 Å². The van der Waals surface area contributed by atoms with Gasteiger partial charge in [-0.1, -0.05) is 0 Å². The Balaban J connectivity index is 1.28. The van der Waals surface area contributed by atoms with E-state index in [4.69, 9.17) is 0 Å². The third kappa shape index (κ3) is 1.92. The highest BCUT2D eigenvalue weighted by Crippen LogP contribution is 2.61. The van der Waals surface area contributed by atoms with Crippen molar-refractivity contribution in [3.8, 4) is 0 Å². The first-order valence-corrected chi connectivity index (χ1v) is 9.06. The summed E-state index contributed by atoms with van der Waals surface area (Å²) in [5.41, 5.74) is 0.367. The largest absolute Gasteiger partial charge is 0.393 e. The van der Waals surface area contributed by atoms with E-state index in [1.165, 1.54) is 38.5 Å². The number of aliphatic hydroxyl groups excluding tert-OH is 1. The van der Waals surface area contributed by atoms with Gasteiger partial charge in [-0.3, -0.25) is 4.79 Å². The fourth-order valence-electron chi connectivity index (χ4n) is 7.01. The monoisotopic (exact) mass is 289 g/mol. The minimum absolute atomic E-state index is 0.132. The van der Waals surface area contributed by atoms with Crippen LogP contribution in [0.15, 0.2) is 0 Å². The lowest BCUT2D eigenvalue weighted by Gasteiger charge is -2.56. The minimum atomic E-state index is -0.132. The summed E-state index contributed by atoms with van der Waals surface area (Å²) in [5, 5.41) is 9.78. The summed E-state index contributed by atoms with van der Waals surface area (Å²) in [6.07, 6.45) is 9.94. The quantitative estimate of drug-likeness (QED) is 0.848. The van der Waals surface area contributed by atoms with Crippen molar-refractivity contribution >= 4 is 5.91 Å². The highest BCUT2D eigenvalue weighted by atomic mass is 16.3. The molecular formula is C18H27NO2. The normalized spacial score (nSPS) is 53.7. The molecule has 3 atom stereocenters. The Hall–Kier alpha value is -0.570. The standard InChI is InChI=1S/C18H27NO2/c20-16-4-14-9-19(10-15(14)16)17(21)8-18-5-11-1-12(6-18)3-13(2-11)7-18/h11-16,20H,1-10H2/t11?,12?,13?,14-,15+,16-,18?/m1/s1. The molecule has 0 aromatic carbocycles. The van der Waals surface area contributed by atoms with Crippen molar-refractivity contribution in [1.82, 2.24) is 4.90 Å². The van der Waals surface area contributed by atoms with Gasteiger partial charge in [0.25, 0.3) is 0 Å². The van der Waals surface area contributed by atoms with Crippen LogP contribution in [0, 0.1) is 35.0 Å². The lowest BCUT2D eigenvalue weighted by atomic mass is 9.49. The van der Waals surface area contributed by atoms with Gasteiger partial charge in [-0.2, -0.15) is 0 Å². The van der Waals surface area contributed by atoms with Crippen molar-refractivity contribution in [2.45, 2.75) is 57.5 Å². The predicted molar refractivity (Wildman–Crippen MR) is 79.4 cm³/mol. The molecule has 0 aromatic heterocycles. The van der Waals surface area contributed by atoms with Crippen LogP contribution in [0.3, 0.4) is 0 Å². The molecule has 5 aliphatic carbocycles. The molecule has 6 fully saturated rings. The second-order valence-corrected chi connectivity index (χ2v) is 9.12. The smallest absolute Gasteiger partial charge is 0.223 e. The molecule has 5 saturated carbocycles. The number of aliphatic hydroxyl groups is 1. The minimum Gasteiger partial charge on any atom is -0.393 e. The zero-order chi connectivity index (χ0) is 14.2. The van der Waals surface area contributed by atoms with Crippen molar-refractivity contribution in [3.63, 3.8) is 0 Å². The van der Waals surface area contributed by atoms with Gasteiger partial charge in [-0.15, -0.1) is 0 Å². The van der Waals surface area contributed by atoms with Crippen LogP contribution < -0.4 is 0 Å². The molecule has 3 nitrogen and oxygen atoms in total. The van der Waals surface area contributed by atoms with E-state index < -0.39 is 0 Å². The van der Waals surface area contributed by atoms with Gasteiger partial charge in [-0.05, 0) is 74.0 Å². The summed E-state index contributed by atoms with van der Waals surface area (Å²) in [4.78, 5) is 14.9. The number of amides is 1. The van der Waals surface area contributed by atoms with Crippen molar-refractivity contribution < 1.29 is 9.90 Å². The average Bonchev–Trinajstić information content (AvgIpc) is 2.74. The van der Waals surface area contributed by atoms with E-state index in [9.17, 15) is 9.90 Å². The van der Waals surface area contributed by atoms with E-state index in [0.29, 0.717) is 23.2 Å². The molecular weight excluding hydrogens is 262 g/mol. The van der Waals surface area contributed by atoms with Gasteiger partial charge in [0.1, 0.15) is 0 Å². The van der Waals surface area contributed by atoms with Gasteiger partial charge < -0.3 is 10.0 Å². The number of likely N-dealkylation sites (tertiary alicyclic amines) is 1. The summed E-state index contributed by atoms with van der Waals surface area (Å²) in [5.74, 6) is 4.19. The highest BCUT2D eigenvalue weighted by Gasteiger charge is 2.53. The first kappa shape index (κ1) is 12.9. The molecule has 1 amide bonds. The van der Waals surface area contributed by atoms with Crippen LogP contribution in [0.1, 0.15) is 51.4 Å². The molecule has 0 aromatic rings. The molecule has 1 heterocycles. The molecule has 6 rings (SSSR count). The Bertz CT molecular complexity index is 439. The third-order valence-electron chi connectivity index (χ3n) is 7.57. The number of hydrogen-bond donors (Lipinski definition) is 1. The summed E-state index contributed by atoms with van der Waals surface area (Å²) < 4.78 is 0. The number of rotatable bonds is 2. The van der Waals surface area contributed by atoms with Crippen molar-refractivity contribution in [1.29, 1.82) is 0 Å². The molecule has 0 unspecified atom stereocenters. The van der Waals surface area contributed by atoms with Crippen molar-refractivity contribution in [2.24, 2.45) is 35.0 Å². The molecule has 1 aliphatic heterocycles. The molecule has 3 heteroatoms. The molecule has 0 spiro atoms. The number of fused-ring (bicyclic) bond motifs is 1. The maximum absolute atomic E-state index is 12.8. The number of hydrogen-bond acceptors (Lipinski definition) is 2. The molecule has 4 bridgehead atoms. The van der Waals surface area contributed by atoms with Gasteiger partial charge in [0.05, 0.1) is 6.10 Å². The maximum Gasteiger partial charge on any atom is 0.223 e. The van der Waals surface area contributed by atoms with E-state index in [0.717, 1.165) is 43.7 Å². The number of carbonyl (C=O) groups excluding carboxylic acids is 1. The van der Waals surface area contributed by atoms with Crippen LogP contribution in [0.4, 0.5) is 0 Å². The number of nitrogens with zero attached hydrogens (tertiary/aromatic N) is 1. The predicted octanol–water partition coefficient (Wildman–Crippen LogP) is 2.43. The Morgan fingerprint density at radius 1 is 1.00 bits per heavy atom. The maximum atomic E-state index is 12.8. The second-order valence-electron chi connectivity index (χ2n) is 9.12.